The van der Waals surface area contributed by atoms with Crippen LogP contribution in [0.15, 0.2) is 24.4 Å². The number of hydrogen-bond donors (Lipinski definition) is 1. The number of hydrazine groups is 1. The van der Waals surface area contributed by atoms with E-state index in [1.807, 2.05) is 12.3 Å². The Morgan fingerprint density at radius 2 is 1.50 bits per heavy atom. The van der Waals surface area contributed by atoms with Crippen molar-refractivity contribution in [3.05, 3.63) is 24.4 Å². The lowest BCUT2D eigenvalue weighted by molar-refractivity contribution is -0.132. The van der Waals surface area contributed by atoms with E-state index >= 15 is 0 Å². The standard InChI is InChI=1S/C21H38N2O/c1-2-3-4-5-6-7-8-9-10-11-12-13-14-15-16-18-21(24)23-20-17-19-22-23/h9-10,17,19,22H,2-8,11-16,18,20H2,1H3/b10-9-. The molecular weight excluding hydrogens is 296 g/mol. The zero-order chi connectivity index (χ0) is 17.3. The third-order valence-electron chi connectivity index (χ3n) is 4.59. The molecule has 0 spiro atoms. The molecule has 1 aliphatic rings. The molecule has 0 unspecified atom stereocenters. The summed E-state index contributed by atoms with van der Waals surface area (Å²) < 4.78 is 0. The molecule has 1 amide bonds. The second kappa shape index (κ2) is 15.3. The highest BCUT2D eigenvalue weighted by Crippen LogP contribution is 2.10. The smallest absolute Gasteiger partial charge is 0.241 e. The molecule has 0 saturated heterocycles. The molecule has 0 atom stereocenters. The van der Waals surface area contributed by atoms with Gasteiger partial charge in [0.05, 0.1) is 6.54 Å². The van der Waals surface area contributed by atoms with E-state index < -0.39 is 0 Å². The molecule has 3 heteroatoms. The van der Waals surface area contributed by atoms with Crippen LogP contribution in [-0.4, -0.2) is 17.5 Å². The van der Waals surface area contributed by atoms with Gasteiger partial charge in [-0.1, -0.05) is 70.4 Å². The Morgan fingerprint density at radius 1 is 0.917 bits per heavy atom. The van der Waals surface area contributed by atoms with E-state index in [9.17, 15) is 4.79 Å². The molecule has 3 nitrogen and oxygen atoms in total. The minimum Gasteiger partial charge on any atom is -0.303 e. The topological polar surface area (TPSA) is 32.3 Å². The van der Waals surface area contributed by atoms with Crippen molar-refractivity contribution in [2.24, 2.45) is 0 Å². The van der Waals surface area contributed by atoms with Crippen LogP contribution in [0.2, 0.25) is 0 Å². The van der Waals surface area contributed by atoms with E-state index in [1.54, 1.807) is 5.01 Å². The van der Waals surface area contributed by atoms with Crippen LogP contribution in [0.5, 0.6) is 0 Å². The fourth-order valence-corrected chi connectivity index (χ4v) is 3.01. The maximum absolute atomic E-state index is 11.8. The van der Waals surface area contributed by atoms with Gasteiger partial charge in [0.25, 0.3) is 0 Å². The predicted octanol–water partition coefficient (Wildman–Crippen LogP) is 5.88. The maximum Gasteiger partial charge on any atom is 0.241 e. The van der Waals surface area contributed by atoms with E-state index in [0.29, 0.717) is 13.0 Å². The minimum absolute atomic E-state index is 0.220. The van der Waals surface area contributed by atoms with Crippen molar-refractivity contribution < 1.29 is 4.79 Å². The summed E-state index contributed by atoms with van der Waals surface area (Å²) in [7, 11) is 0. The lowest BCUT2D eigenvalue weighted by Gasteiger charge is -2.15. The fourth-order valence-electron chi connectivity index (χ4n) is 3.01. The number of unbranched alkanes of at least 4 members (excludes halogenated alkanes) is 11. The molecule has 0 bridgehead atoms. The zero-order valence-corrected chi connectivity index (χ0v) is 15.8. The summed E-state index contributed by atoms with van der Waals surface area (Å²) in [6.45, 7) is 2.98. The molecule has 0 aromatic heterocycles. The van der Waals surface area contributed by atoms with Gasteiger partial charge < -0.3 is 5.43 Å². The van der Waals surface area contributed by atoms with E-state index in [2.05, 4.69) is 24.5 Å². The first-order valence-corrected chi connectivity index (χ1v) is 10.2. The molecule has 1 N–H and O–H groups in total. The molecule has 0 saturated carbocycles. The Labute approximate surface area is 149 Å². The highest BCUT2D eigenvalue weighted by Gasteiger charge is 2.12. The second-order valence-corrected chi connectivity index (χ2v) is 6.87. The Kier molecular flexibility index (Phi) is 13.2. The number of nitrogens with one attached hydrogen (secondary N) is 1. The van der Waals surface area contributed by atoms with Gasteiger partial charge in [-0.2, -0.15) is 0 Å². The van der Waals surface area contributed by atoms with Crippen LogP contribution in [-0.2, 0) is 4.79 Å². The van der Waals surface area contributed by atoms with Crippen LogP contribution in [0.4, 0.5) is 0 Å². The van der Waals surface area contributed by atoms with E-state index in [0.717, 1.165) is 6.42 Å². The van der Waals surface area contributed by atoms with Gasteiger partial charge in [0.2, 0.25) is 5.91 Å². The van der Waals surface area contributed by atoms with E-state index in [-0.39, 0.29) is 5.91 Å². The number of nitrogens with zero attached hydrogens (tertiary/aromatic N) is 1. The van der Waals surface area contributed by atoms with Crippen LogP contribution in [0.1, 0.15) is 96.8 Å². The van der Waals surface area contributed by atoms with Crippen LogP contribution >= 0.6 is 0 Å². The Balaban J connectivity index is 1.77. The third-order valence-corrected chi connectivity index (χ3v) is 4.59. The molecule has 1 rings (SSSR count). The highest BCUT2D eigenvalue weighted by molar-refractivity contribution is 5.76. The predicted molar refractivity (Wildman–Crippen MR) is 103 cm³/mol. The first kappa shape index (κ1) is 20.8. The number of allylic oxidation sites excluding steroid dienone is 2. The summed E-state index contributed by atoms with van der Waals surface area (Å²) in [6.07, 6.45) is 26.0. The molecular formula is C21H38N2O. The van der Waals surface area contributed by atoms with Crippen molar-refractivity contribution in [3.63, 3.8) is 0 Å². The van der Waals surface area contributed by atoms with Gasteiger partial charge in [0.1, 0.15) is 0 Å². The van der Waals surface area contributed by atoms with Crippen LogP contribution in [0, 0.1) is 0 Å². The zero-order valence-electron chi connectivity index (χ0n) is 15.8. The average Bonchev–Trinajstić information content (AvgIpc) is 3.13. The van der Waals surface area contributed by atoms with Crippen molar-refractivity contribution in [1.82, 2.24) is 10.4 Å². The van der Waals surface area contributed by atoms with Gasteiger partial charge in [0.15, 0.2) is 0 Å². The lowest BCUT2D eigenvalue weighted by Crippen LogP contribution is -2.36. The van der Waals surface area contributed by atoms with Gasteiger partial charge in [0, 0.05) is 12.6 Å². The molecule has 24 heavy (non-hydrogen) atoms. The molecule has 138 valence electrons. The van der Waals surface area contributed by atoms with E-state index in [4.69, 9.17) is 0 Å². The van der Waals surface area contributed by atoms with Crippen LogP contribution in [0.3, 0.4) is 0 Å². The van der Waals surface area contributed by atoms with Crippen molar-refractivity contribution in [2.75, 3.05) is 6.54 Å². The molecule has 0 radical (unpaired) electrons. The molecule has 0 aromatic rings. The largest absolute Gasteiger partial charge is 0.303 e. The fraction of sp³-hybridized carbons (Fsp3) is 0.762. The number of carbonyl (C=O) groups excluding carboxylic acids is 1. The first-order valence-electron chi connectivity index (χ1n) is 10.2. The third kappa shape index (κ3) is 11.3. The van der Waals surface area contributed by atoms with Crippen molar-refractivity contribution in [1.29, 1.82) is 0 Å². The monoisotopic (exact) mass is 334 g/mol. The van der Waals surface area contributed by atoms with Gasteiger partial charge >= 0.3 is 0 Å². The van der Waals surface area contributed by atoms with Gasteiger partial charge in [-0.15, -0.1) is 0 Å². The lowest BCUT2D eigenvalue weighted by atomic mass is 10.1. The van der Waals surface area contributed by atoms with Crippen molar-refractivity contribution in [3.8, 4) is 0 Å². The molecule has 0 aromatic carbocycles. The molecule has 0 aliphatic carbocycles. The Bertz CT molecular complexity index is 355. The normalized spacial score (nSPS) is 13.8. The van der Waals surface area contributed by atoms with Crippen LogP contribution in [0.25, 0.3) is 0 Å². The molecule has 1 aliphatic heterocycles. The second-order valence-electron chi connectivity index (χ2n) is 6.87. The van der Waals surface area contributed by atoms with E-state index in [1.165, 1.54) is 77.0 Å². The van der Waals surface area contributed by atoms with Gasteiger partial charge in [-0.05, 0) is 38.2 Å². The summed E-state index contributed by atoms with van der Waals surface area (Å²) in [6, 6.07) is 0. The van der Waals surface area contributed by atoms with Crippen molar-refractivity contribution >= 4 is 5.91 Å². The van der Waals surface area contributed by atoms with Crippen molar-refractivity contribution in [2.45, 2.75) is 96.8 Å². The number of carbonyl (C=O) groups is 1. The molecule has 0 fully saturated rings. The summed E-state index contributed by atoms with van der Waals surface area (Å²) in [5.74, 6) is 0.220. The SMILES string of the molecule is CCCCCCCC/C=C\CCCCCCCC(=O)N1CC=CN1. The van der Waals surface area contributed by atoms with Gasteiger partial charge in [-0.3, -0.25) is 9.80 Å². The Hall–Kier alpha value is -1.25. The Morgan fingerprint density at radius 3 is 2.08 bits per heavy atom. The number of rotatable bonds is 15. The summed E-state index contributed by atoms with van der Waals surface area (Å²) >= 11 is 0. The van der Waals surface area contributed by atoms with Crippen LogP contribution < -0.4 is 5.43 Å². The maximum atomic E-state index is 11.8. The minimum atomic E-state index is 0.220. The quantitative estimate of drug-likeness (QED) is 0.299. The number of hydrogen-bond acceptors (Lipinski definition) is 2. The average molecular weight is 335 g/mol. The summed E-state index contributed by atoms with van der Waals surface area (Å²) in [4.78, 5) is 11.8. The summed E-state index contributed by atoms with van der Waals surface area (Å²) in [5.41, 5.74) is 2.95. The molecule has 1 heterocycles. The summed E-state index contributed by atoms with van der Waals surface area (Å²) in [5, 5.41) is 1.69. The number of amides is 1. The highest BCUT2D eigenvalue weighted by atomic mass is 16.2. The van der Waals surface area contributed by atoms with Gasteiger partial charge in [-0.25, -0.2) is 0 Å². The first-order chi connectivity index (χ1) is 11.8.